The fourth-order valence-corrected chi connectivity index (χ4v) is 3.07. The minimum absolute atomic E-state index is 0.499. The number of benzene rings is 1. The molecule has 6 nitrogen and oxygen atoms in total. The quantitative estimate of drug-likeness (QED) is 0.588. The van der Waals surface area contributed by atoms with E-state index in [0.29, 0.717) is 29.9 Å². The maximum Gasteiger partial charge on any atom is 0.188 e. The van der Waals surface area contributed by atoms with Crippen LogP contribution in [0.3, 0.4) is 0 Å². The summed E-state index contributed by atoms with van der Waals surface area (Å²) in [6, 6.07) is 5.78. The van der Waals surface area contributed by atoms with E-state index in [0.717, 1.165) is 25.2 Å². The largest absolute Gasteiger partial charge is 0.493 e. The summed E-state index contributed by atoms with van der Waals surface area (Å²) >= 11 is 0. The molecule has 1 unspecified atom stereocenters. The van der Waals surface area contributed by atoms with Crippen LogP contribution in [-0.2, 0) is 6.54 Å². The molecule has 1 atom stereocenters. The third-order valence-electron chi connectivity index (χ3n) is 4.50. The molecule has 2 rings (SSSR count). The normalized spacial score (nSPS) is 19.1. The van der Waals surface area contributed by atoms with Crippen LogP contribution in [0, 0.1) is 5.92 Å². The molecule has 1 aromatic carbocycles. The molecule has 0 amide bonds. The fourth-order valence-electron chi connectivity index (χ4n) is 3.07. The summed E-state index contributed by atoms with van der Waals surface area (Å²) in [5, 5.41) is 3.26. The molecule has 6 heteroatoms. The molecule has 0 saturated carbocycles. The van der Waals surface area contributed by atoms with E-state index in [1.165, 1.54) is 19.4 Å². The van der Waals surface area contributed by atoms with Crippen molar-refractivity contribution < 1.29 is 9.47 Å². The van der Waals surface area contributed by atoms with Gasteiger partial charge in [0.05, 0.1) is 20.8 Å². The highest BCUT2D eigenvalue weighted by Crippen LogP contribution is 2.27. The molecule has 0 aromatic heterocycles. The number of guanidine groups is 1. The number of nitrogens with two attached hydrogens (primary N) is 1. The van der Waals surface area contributed by atoms with Crippen molar-refractivity contribution in [1.82, 2.24) is 10.2 Å². The maximum absolute atomic E-state index is 6.00. The summed E-state index contributed by atoms with van der Waals surface area (Å²) in [5.41, 5.74) is 7.04. The first-order valence-corrected chi connectivity index (χ1v) is 8.63. The van der Waals surface area contributed by atoms with Crippen molar-refractivity contribution in [3.63, 3.8) is 0 Å². The van der Waals surface area contributed by atoms with Gasteiger partial charge in [-0.25, -0.2) is 4.99 Å². The van der Waals surface area contributed by atoms with Gasteiger partial charge in [-0.1, -0.05) is 13.0 Å². The first-order valence-electron chi connectivity index (χ1n) is 8.63. The Kier molecular flexibility index (Phi) is 7.18. The van der Waals surface area contributed by atoms with E-state index in [4.69, 9.17) is 15.2 Å². The molecule has 0 radical (unpaired) electrons. The molecule has 1 saturated heterocycles. The van der Waals surface area contributed by atoms with Gasteiger partial charge in [0, 0.05) is 13.1 Å². The van der Waals surface area contributed by atoms with Gasteiger partial charge in [-0.2, -0.15) is 0 Å². The zero-order valence-electron chi connectivity index (χ0n) is 15.0. The highest BCUT2D eigenvalue weighted by atomic mass is 16.5. The van der Waals surface area contributed by atoms with Crippen molar-refractivity contribution in [2.24, 2.45) is 16.6 Å². The van der Waals surface area contributed by atoms with Gasteiger partial charge in [-0.05, 0) is 49.5 Å². The smallest absolute Gasteiger partial charge is 0.188 e. The predicted octanol–water partition coefficient (Wildman–Crippen LogP) is 1.84. The highest BCUT2D eigenvalue weighted by Gasteiger charge is 2.18. The summed E-state index contributed by atoms with van der Waals surface area (Å²) in [4.78, 5) is 6.92. The number of nitrogens with one attached hydrogen (secondary N) is 1. The number of methoxy groups -OCH3 is 2. The van der Waals surface area contributed by atoms with E-state index in [2.05, 4.69) is 22.1 Å². The van der Waals surface area contributed by atoms with Crippen molar-refractivity contribution in [2.75, 3.05) is 40.4 Å². The zero-order chi connectivity index (χ0) is 17.4. The molecule has 1 aliphatic rings. The summed E-state index contributed by atoms with van der Waals surface area (Å²) in [6.07, 6.45) is 2.52. The van der Waals surface area contributed by atoms with E-state index in [1.54, 1.807) is 14.2 Å². The predicted molar refractivity (Wildman–Crippen MR) is 97.7 cm³/mol. The van der Waals surface area contributed by atoms with Gasteiger partial charge in [0.1, 0.15) is 0 Å². The lowest BCUT2D eigenvalue weighted by Gasteiger charge is -2.31. The van der Waals surface area contributed by atoms with Crippen LogP contribution in [0.15, 0.2) is 23.2 Å². The fraction of sp³-hybridized carbons (Fsp3) is 0.611. The molecule has 1 fully saturated rings. The molecule has 1 aromatic rings. The number of piperidine rings is 1. The van der Waals surface area contributed by atoms with E-state index in [-0.39, 0.29) is 0 Å². The molecular weight excluding hydrogens is 304 g/mol. The Morgan fingerprint density at radius 2 is 2.12 bits per heavy atom. The summed E-state index contributed by atoms with van der Waals surface area (Å²) in [5.74, 6) is 2.57. The van der Waals surface area contributed by atoms with Crippen LogP contribution in [-0.4, -0.2) is 51.3 Å². The first kappa shape index (κ1) is 18.4. The lowest BCUT2D eigenvalue weighted by atomic mass is 9.98. The van der Waals surface area contributed by atoms with Crippen LogP contribution < -0.4 is 20.5 Å². The number of hydrogen-bond donors (Lipinski definition) is 2. The SMILES string of the molecule is CCN1CCCC(CNC(N)=NCc2ccc(OC)c(OC)c2)C1. The van der Waals surface area contributed by atoms with Crippen molar-refractivity contribution in [3.05, 3.63) is 23.8 Å². The molecule has 0 bridgehead atoms. The Labute approximate surface area is 145 Å². The van der Waals surface area contributed by atoms with E-state index in [1.807, 2.05) is 18.2 Å². The third-order valence-corrected chi connectivity index (χ3v) is 4.50. The number of ether oxygens (including phenoxy) is 2. The number of rotatable bonds is 7. The van der Waals surface area contributed by atoms with E-state index >= 15 is 0 Å². The number of nitrogens with zero attached hydrogens (tertiary/aromatic N) is 2. The second kappa shape index (κ2) is 9.37. The van der Waals surface area contributed by atoms with Gasteiger partial charge in [0.2, 0.25) is 0 Å². The van der Waals surface area contributed by atoms with Gasteiger partial charge in [0.25, 0.3) is 0 Å². The second-order valence-corrected chi connectivity index (χ2v) is 6.17. The third kappa shape index (κ3) is 5.30. The molecule has 1 aliphatic heterocycles. The van der Waals surface area contributed by atoms with Gasteiger partial charge in [0.15, 0.2) is 17.5 Å². The number of hydrogen-bond acceptors (Lipinski definition) is 4. The Hall–Kier alpha value is -1.95. The Balaban J connectivity index is 1.83. The van der Waals surface area contributed by atoms with Gasteiger partial charge >= 0.3 is 0 Å². The highest BCUT2D eigenvalue weighted by molar-refractivity contribution is 5.77. The van der Waals surface area contributed by atoms with E-state index < -0.39 is 0 Å². The molecular formula is C18H30N4O2. The maximum atomic E-state index is 6.00. The minimum Gasteiger partial charge on any atom is -0.493 e. The van der Waals surface area contributed by atoms with Crippen molar-refractivity contribution >= 4 is 5.96 Å². The standard InChI is InChI=1S/C18H30N4O2/c1-4-22-9-5-6-15(13-22)12-21-18(19)20-11-14-7-8-16(23-2)17(10-14)24-3/h7-8,10,15H,4-6,9,11-13H2,1-3H3,(H3,19,20,21). The van der Waals surface area contributed by atoms with Crippen molar-refractivity contribution in [2.45, 2.75) is 26.3 Å². The summed E-state index contributed by atoms with van der Waals surface area (Å²) in [7, 11) is 3.26. The Morgan fingerprint density at radius 3 is 2.83 bits per heavy atom. The van der Waals surface area contributed by atoms with Gasteiger partial charge < -0.3 is 25.4 Å². The lowest BCUT2D eigenvalue weighted by molar-refractivity contribution is 0.183. The van der Waals surface area contributed by atoms with Crippen LogP contribution in [0.2, 0.25) is 0 Å². The Morgan fingerprint density at radius 1 is 1.33 bits per heavy atom. The summed E-state index contributed by atoms with van der Waals surface area (Å²) in [6.45, 7) is 7.11. The van der Waals surface area contributed by atoms with Crippen molar-refractivity contribution in [3.8, 4) is 11.5 Å². The van der Waals surface area contributed by atoms with Crippen LogP contribution in [0.25, 0.3) is 0 Å². The number of aliphatic imine (C=N–C) groups is 1. The Bertz CT molecular complexity index is 548. The van der Waals surface area contributed by atoms with Crippen molar-refractivity contribution in [1.29, 1.82) is 0 Å². The van der Waals surface area contributed by atoms with E-state index in [9.17, 15) is 0 Å². The number of likely N-dealkylation sites (tertiary alicyclic amines) is 1. The lowest BCUT2D eigenvalue weighted by Crippen LogP contribution is -2.42. The molecule has 24 heavy (non-hydrogen) atoms. The average molecular weight is 334 g/mol. The van der Waals surface area contributed by atoms with Crippen LogP contribution in [0.1, 0.15) is 25.3 Å². The van der Waals surface area contributed by atoms with Crippen LogP contribution in [0.4, 0.5) is 0 Å². The summed E-state index contributed by atoms with van der Waals surface area (Å²) < 4.78 is 10.5. The van der Waals surface area contributed by atoms with Crippen LogP contribution in [0.5, 0.6) is 11.5 Å². The molecule has 0 spiro atoms. The minimum atomic E-state index is 0.499. The topological polar surface area (TPSA) is 72.1 Å². The zero-order valence-corrected chi connectivity index (χ0v) is 15.0. The molecule has 3 N–H and O–H groups in total. The molecule has 1 heterocycles. The molecule has 134 valence electrons. The second-order valence-electron chi connectivity index (χ2n) is 6.17. The van der Waals surface area contributed by atoms with Crippen LogP contribution >= 0.6 is 0 Å². The molecule has 0 aliphatic carbocycles. The van der Waals surface area contributed by atoms with Gasteiger partial charge in [-0.15, -0.1) is 0 Å². The monoisotopic (exact) mass is 334 g/mol. The first-order chi connectivity index (χ1) is 11.7. The van der Waals surface area contributed by atoms with Gasteiger partial charge in [-0.3, -0.25) is 0 Å². The average Bonchev–Trinajstić information content (AvgIpc) is 2.64.